The predicted octanol–water partition coefficient (Wildman–Crippen LogP) is 2.99. The molecule has 3 nitrogen and oxygen atoms in total. The molecule has 1 amide bonds. The molecule has 1 aromatic carbocycles. The summed E-state index contributed by atoms with van der Waals surface area (Å²) < 4.78 is 0. The van der Waals surface area contributed by atoms with E-state index in [2.05, 4.69) is 17.4 Å². The normalized spacial score (nSPS) is 24.8. The largest absolute Gasteiger partial charge is 0.353 e. The Morgan fingerprint density at radius 2 is 1.86 bits per heavy atom. The van der Waals surface area contributed by atoms with Crippen LogP contribution in [0.1, 0.15) is 39.7 Å². The molecule has 1 aromatic rings. The van der Waals surface area contributed by atoms with Crippen molar-refractivity contribution in [2.75, 3.05) is 0 Å². The molecule has 0 bridgehead atoms. The number of benzene rings is 1. The number of nitrogens with one attached hydrogen (secondary N) is 1. The average molecular weight is 287 g/mol. The van der Waals surface area contributed by atoms with Crippen molar-refractivity contribution in [3.05, 3.63) is 35.9 Å². The molecule has 114 valence electrons. The molecule has 0 aliphatic heterocycles. The van der Waals surface area contributed by atoms with Gasteiger partial charge in [0.1, 0.15) is 5.78 Å². The lowest BCUT2D eigenvalue weighted by molar-refractivity contribution is -0.149. The zero-order valence-electron chi connectivity index (χ0n) is 13.3. The second-order valence-electron chi connectivity index (χ2n) is 6.87. The van der Waals surface area contributed by atoms with Gasteiger partial charge < -0.3 is 5.32 Å². The second-order valence-corrected chi connectivity index (χ2v) is 6.87. The average Bonchev–Trinajstić information content (AvgIpc) is 2.37. The van der Waals surface area contributed by atoms with Crippen LogP contribution in [0.5, 0.6) is 0 Å². The van der Waals surface area contributed by atoms with E-state index < -0.39 is 0 Å². The van der Waals surface area contributed by atoms with Crippen LogP contribution < -0.4 is 5.32 Å². The highest BCUT2D eigenvalue weighted by Crippen LogP contribution is 2.51. The van der Waals surface area contributed by atoms with Gasteiger partial charge in [0.05, 0.1) is 0 Å². The molecule has 2 rings (SSSR count). The zero-order valence-corrected chi connectivity index (χ0v) is 13.3. The molecule has 1 aliphatic rings. The van der Waals surface area contributed by atoms with Crippen molar-refractivity contribution in [2.45, 2.75) is 46.6 Å². The summed E-state index contributed by atoms with van der Waals surface area (Å²) in [6.45, 7) is 7.70. The number of Topliss-reactive ketones (excluding diaryl/α,β-unsaturated/α-hetero) is 1. The van der Waals surface area contributed by atoms with Crippen LogP contribution in [-0.2, 0) is 16.0 Å². The van der Waals surface area contributed by atoms with E-state index in [-0.39, 0.29) is 35.0 Å². The molecule has 0 spiro atoms. The van der Waals surface area contributed by atoms with Gasteiger partial charge in [-0.25, -0.2) is 0 Å². The van der Waals surface area contributed by atoms with E-state index in [1.54, 1.807) is 6.92 Å². The Morgan fingerprint density at radius 3 is 2.38 bits per heavy atom. The van der Waals surface area contributed by atoms with Gasteiger partial charge in [-0.3, -0.25) is 9.59 Å². The van der Waals surface area contributed by atoms with Crippen LogP contribution in [0.15, 0.2) is 30.3 Å². The summed E-state index contributed by atoms with van der Waals surface area (Å²) in [4.78, 5) is 23.9. The number of hydrogen-bond donors (Lipinski definition) is 1. The first kappa shape index (κ1) is 15.7. The van der Waals surface area contributed by atoms with Crippen molar-refractivity contribution in [3.63, 3.8) is 0 Å². The minimum absolute atomic E-state index is 0.0256. The van der Waals surface area contributed by atoms with Gasteiger partial charge in [0.2, 0.25) is 5.91 Å². The summed E-state index contributed by atoms with van der Waals surface area (Å²) in [6, 6.07) is 10.3. The second kappa shape index (κ2) is 6.00. The van der Waals surface area contributed by atoms with Gasteiger partial charge in [-0.05, 0) is 37.7 Å². The molecular formula is C18H25NO2. The molecule has 3 heteroatoms. The Labute approximate surface area is 127 Å². The SMILES string of the molecule is CC(=O)C1CC(C(=O)NC(C)Cc2ccccc2)C1(C)C. The van der Waals surface area contributed by atoms with Crippen molar-refractivity contribution < 1.29 is 9.59 Å². The van der Waals surface area contributed by atoms with Crippen LogP contribution in [-0.4, -0.2) is 17.7 Å². The van der Waals surface area contributed by atoms with Gasteiger partial charge in [-0.15, -0.1) is 0 Å². The first-order valence-electron chi connectivity index (χ1n) is 7.67. The van der Waals surface area contributed by atoms with E-state index >= 15 is 0 Å². The molecular weight excluding hydrogens is 262 g/mol. The third-order valence-corrected chi connectivity index (χ3v) is 4.85. The lowest BCUT2D eigenvalue weighted by Gasteiger charge is -2.50. The molecule has 0 saturated heterocycles. The Morgan fingerprint density at radius 1 is 1.24 bits per heavy atom. The summed E-state index contributed by atoms with van der Waals surface area (Å²) in [5.41, 5.74) is 1.00. The summed E-state index contributed by atoms with van der Waals surface area (Å²) in [6.07, 6.45) is 1.52. The maximum absolute atomic E-state index is 12.4. The van der Waals surface area contributed by atoms with Crippen LogP contribution in [0, 0.1) is 17.3 Å². The van der Waals surface area contributed by atoms with Gasteiger partial charge >= 0.3 is 0 Å². The maximum Gasteiger partial charge on any atom is 0.223 e. The van der Waals surface area contributed by atoms with Crippen molar-refractivity contribution in [1.82, 2.24) is 5.32 Å². The van der Waals surface area contributed by atoms with Gasteiger partial charge in [0.25, 0.3) is 0 Å². The van der Waals surface area contributed by atoms with Crippen LogP contribution in [0.2, 0.25) is 0 Å². The summed E-state index contributed by atoms with van der Waals surface area (Å²) in [5, 5.41) is 3.10. The molecule has 0 radical (unpaired) electrons. The standard InChI is InChI=1S/C18H25NO2/c1-12(10-14-8-6-5-7-9-14)19-17(21)16-11-15(13(2)20)18(16,3)4/h5-9,12,15-16H,10-11H2,1-4H3,(H,19,21). The zero-order chi connectivity index (χ0) is 15.6. The lowest BCUT2D eigenvalue weighted by atomic mass is 9.53. The number of rotatable bonds is 5. The Bertz CT molecular complexity index is 521. The molecule has 1 aliphatic carbocycles. The monoisotopic (exact) mass is 287 g/mol. The van der Waals surface area contributed by atoms with Crippen molar-refractivity contribution in [3.8, 4) is 0 Å². The minimum Gasteiger partial charge on any atom is -0.353 e. The fourth-order valence-electron chi connectivity index (χ4n) is 3.42. The molecule has 1 saturated carbocycles. The van der Waals surface area contributed by atoms with Gasteiger partial charge in [-0.1, -0.05) is 44.2 Å². The van der Waals surface area contributed by atoms with Crippen molar-refractivity contribution in [1.29, 1.82) is 0 Å². The fourth-order valence-corrected chi connectivity index (χ4v) is 3.42. The Kier molecular flexibility index (Phi) is 4.50. The van der Waals surface area contributed by atoms with Crippen molar-refractivity contribution >= 4 is 11.7 Å². The molecule has 21 heavy (non-hydrogen) atoms. The molecule has 3 unspecified atom stereocenters. The third kappa shape index (κ3) is 3.34. The number of hydrogen-bond acceptors (Lipinski definition) is 2. The summed E-state index contributed by atoms with van der Waals surface area (Å²) in [5.74, 6) is 0.254. The quantitative estimate of drug-likeness (QED) is 0.905. The highest BCUT2D eigenvalue weighted by molar-refractivity contribution is 5.87. The predicted molar refractivity (Wildman–Crippen MR) is 83.8 cm³/mol. The number of carbonyl (C=O) groups excluding carboxylic acids is 2. The van der Waals surface area contributed by atoms with E-state index in [1.807, 2.05) is 39.0 Å². The van der Waals surface area contributed by atoms with E-state index in [0.717, 1.165) is 6.42 Å². The van der Waals surface area contributed by atoms with E-state index in [9.17, 15) is 9.59 Å². The Balaban J connectivity index is 1.89. The highest BCUT2D eigenvalue weighted by Gasteiger charge is 2.53. The van der Waals surface area contributed by atoms with Gasteiger partial charge in [0, 0.05) is 17.9 Å². The molecule has 3 atom stereocenters. The van der Waals surface area contributed by atoms with Crippen LogP contribution in [0.3, 0.4) is 0 Å². The van der Waals surface area contributed by atoms with E-state index in [0.29, 0.717) is 6.42 Å². The van der Waals surface area contributed by atoms with Gasteiger partial charge in [-0.2, -0.15) is 0 Å². The van der Waals surface area contributed by atoms with E-state index in [1.165, 1.54) is 5.56 Å². The lowest BCUT2D eigenvalue weighted by Crippen LogP contribution is -2.55. The minimum atomic E-state index is -0.220. The molecule has 1 fully saturated rings. The number of ketones is 1. The number of amides is 1. The van der Waals surface area contributed by atoms with Crippen molar-refractivity contribution in [2.24, 2.45) is 17.3 Å². The summed E-state index contributed by atoms with van der Waals surface area (Å²) in [7, 11) is 0. The van der Waals surface area contributed by atoms with Crippen LogP contribution in [0.25, 0.3) is 0 Å². The van der Waals surface area contributed by atoms with Crippen LogP contribution in [0.4, 0.5) is 0 Å². The molecule has 0 aromatic heterocycles. The smallest absolute Gasteiger partial charge is 0.223 e. The maximum atomic E-state index is 12.4. The Hall–Kier alpha value is -1.64. The first-order chi connectivity index (χ1) is 9.82. The van der Waals surface area contributed by atoms with Crippen LogP contribution >= 0.6 is 0 Å². The molecule has 0 heterocycles. The third-order valence-electron chi connectivity index (χ3n) is 4.85. The highest BCUT2D eigenvalue weighted by atomic mass is 16.2. The topological polar surface area (TPSA) is 46.2 Å². The molecule has 1 N–H and O–H groups in total. The van der Waals surface area contributed by atoms with E-state index in [4.69, 9.17) is 0 Å². The summed E-state index contributed by atoms with van der Waals surface area (Å²) >= 11 is 0. The fraction of sp³-hybridized carbons (Fsp3) is 0.556. The first-order valence-corrected chi connectivity index (χ1v) is 7.67. The number of carbonyl (C=O) groups is 2. The van der Waals surface area contributed by atoms with Gasteiger partial charge in [0.15, 0.2) is 0 Å².